The molecular weight excluding hydrogens is 294 g/mol. The van der Waals surface area contributed by atoms with E-state index in [-0.39, 0.29) is 5.92 Å². The van der Waals surface area contributed by atoms with E-state index >= 15 is 0 Å². The number of aliphatic hydroxyl groups is 1. The van der Waals surface area contributed by atoms with Crippen molar-refractivity contribution in [3.63, 3.8) is 0 Å². The van der Waals surface area contributed by atoms with E-state index in [4.69, 9.17) is 0 Å². The van der Waals surface area contributed by atoms with Crippen LogP contribution < -0.4 is 5.32 Å². The summed E-state index contributed by atoms with van der Waals surface area (Å²) in [6.07, 6.45) is 5.11. The van der Waals surface area contributed by atoms with Crippen LogP contribution in [0.1, 0.15) is 35.1 Å². The summed E-state index contributed by atoms with van der Waals surface area (Å²) in [5.41, 5.74) is 6.83. The maximum absolute atomic E-state index is 11.1. The maximum atomic E-state index is 11.1. The first kappa shape index (κ1) is 15.1. The van der Waals surface area contributed by atoms with Gasteiger partial charge in [-0.05, 0) is 54.7 Å². The van der Waals surface area contributed by atoms with E-state index in [2.05, 4.69) is 62.5 Å². The standard InChI is InChI=1S/C22H23NO/c1-14-9-12-19-20(15(14)2)18-11-10-17(21(24)22(18,3)23-19)13-16-7-5-4-6-8-16/h4-12,18,23-24H,13H2,1-3H3. The molecular formula is C22H23NO. The Morgan fingerprint density at radius 1 is 1.08 bits per heavy atom. The molecule has 0 amide bonds. The minimum atomic E-state index is -0.459. The van der Waals surface area contributed by atoms with E-state index in [0.717, 1.165) is 17.7 Å². The average molecular weight is 317 g/mol. The fourth-order valence-corrected chi connectivity index (χ4v) is 4.07. The average Bonchev–Trinajstić information content (AvgIpc) is 2.89. The Hall–Kier alpha value is -2.48. The lowest BCUT2D eigenvalue weighted by molar-refractivity contribution is 0.306. The molecule has 2 unspecified atom stereocenters. The second-order valence-electron chi connectivity index (χ2n) is 7.17. The van der Waals surface area contributed by atoms with Gasteiger partial charge in [0.15, 0.2) is 0 Å². The molecule has 1 aliphatic carbocycles. The van der Waals surface area contributed by atoms with Crippen LogP contribution in [-0.4, -0.2) is 10.6 Å². The van der Waals surface area contributed by atoms with Gasteiger partial charge in [0.05, 0.1) is 0 Å². The van der Waals surface area contributed by atoms with E-state index in [0.29, 0.717) is 5.76 Å². The summed E-state index contributed by atoms with van der Waals surface area (Å²) in [6.45, 7) is 6.43. The number of anilines is 1. The van der Waals surface area contributed by atoms with Crippen LogP contribution in [0.4, 0.5) is 5.69 Å². The van der Waals surface area contributed by atoms with Gasteiger partial charge in [-0.25, -0.2) is 0 Å². The van der Waals surface area contributed by atoms with Gasteiger partial charge in [0.2, 0.25) is 0 Å². The molecule has 0 aromatic heterocycles. The SMILES string of the molecule is Cc1ccc2c(c1C)C1C=CC(Cc3ccccc3)=C(O)C1(C)N2. The summed E-state index contributed by atoms with van der Waals surface area (Å²) in [4.78, 5) is 0. The normalized spacial score (nSPS) is 24.5. The molecule has 2 aromatic rings. The van der Waals surface area contributed by atoms with Gasteiger partial charge < -0.3 is 10.4 Å². The predicted molar refractivity (Wildman–Crippen MR) is 99.6 cm³/mol. The van der Waals surface area contributed by atoms with Crippen LogP contribution in [0.25, 0.3) is 0 Å². The predicted octanol–water partition coefficient (Wildman–Crippen LogP) is 5.20. The van der Waals surface area contributed by atoms with Crippen molar-refractivity contribution in [2.45, 2.75) is 38.6 Å². The fraction of sp³-hybridized carbons (Fsp3) is 0.273. The lowest BCUT2D eigenvalue weighted by Gasteiger charge is -2.34. The molecule has 2 aliphatic rings. The first-order valence-corrected chi connectivity index (χ1v) is 8.53. The van der Waals surface area contributed by atoms with E-state index in [1.54, 1.807) is 0 Å². The van der Waals surface area contributed by atoms with Gasteiger partial charge in [-0.1, -0.05) is 48.6 Å². The first-order chi connectivity index (χ1) is 11.5. The third-order valence-corrected chi connectivity index (χ3v) is 5.64. The van der Waals surface area contributed by atoms with E-state index in [1.165, 1.54) is 22.3 Å². The van der Waals surface area contributed by atoms with Gasteiger partial charge in [-0.3, -0.25) is 0 Å². The topological polar surface area (TPSA) is 32.3 Å². The molecule has 24 heavy (non-hydrogen) atoms. The minimum absolute atomic E-state index is 0.173. The molecule has 2 aromatic carbocycles. The highest BCUT2D eigenvalue weighted by Crippen LogP contribution is 2.51. The van der Waals surface area contributed by atoms with E-state index in [9.17, 15) is 5.11 Å². The number of rotatable bonds is 2. The molecule has 0 saturated heterocycles. The Bertz CT molecular complexity index is 863. The molecule has 0 radical (unpaired) electrons. The van der Waals surface area contributed by atoms with Gasteiger partial charge in [-0.15, -0.1) is 0 Å². The molecule has 0 spiro atoms. The van der Waals surface area contributed by atoms with Crippen LogP contribution in [0.5, 0.6) is 0 Å². The van der Waals surface area contributed by atoms with Crippen LogP contribution >= 0.6 is 0 Å². The van der Waals surface area contributed by atoms with Gasteiger partial charge >= 0.3 is 0 Å². The number of nitrogens with one attached hydrogen (secondary N) is 1. The molecule has 2 nitrogen and oxygen atoms in total. The Kier molecular flexibility index (Phi) is 3.31. The third-order valence-electron chi connectivity index (χ3n) is 5.64. The second-order valence-corrected chi connectivity index (χ2v) is 7.17. The summed E-state index contributed by atoms with van der Waals surface area (Å²) < 4.78 is 0. The van der Waals surface area contributed by atoms with Gasteiger partial charge in [-0.2, -0.15) is 0 Å². The minimum Gasteiger partial charge on any atom is -0.509 e. The first-order valence-electron chi connectivity index (χ1n) is 8.53. The molecule has 2 heteroatoms. The number of hydrogen-bond acceptors (Lipinski definition) is 2. The van der Waals surface area contributed by atoms with E-state index in [1.807, 2.05) is 18.2 Å². The van der Waals surface area contributed by atoms with Gasteiger partial charge in [0.25, 0.3) is 0 Å². The van der Waals surface area contributed by atoms with Crippen molar-refractivity contribution in [1.29, 1.82) is 0 Å². The van der Waals surface area contributed by atoms with E-state index < -0.39 is 5.54 Å². The van der Waals surface area contributed by atoms with Crippen LogP contribution in [0, 0.1) is 13.8 Å². The maximum Gasteiger partial charge on any atom is 0.122 e. The Balaban J connectivity index is 1.75. The molecule has 1 heterocycles. The number of allylic oxidation sites excluding steroid dienone is 2. The van der Waals surface area contributed by atoms with Crippen LogP contribution in [0.2, 0.25) is 0 Å². The highest BCUT2D eigenvalue weighted by Gasteiger charge is 2.47. The second kappa shape index (κ2) is 5.27. The fourth-order valence-electron chi connectivity index (χ4n) is 4.07. The molecule has 4 rings (SSSR count). The van der Waals surface area contributed by atoms with Crippen molar-refractivity contribution >= 4 is 5.69 Å². The molecule has 1 aliphatic heterocycles. The summed E-state index contributed by atoms with van der Waals surface area (Å²) >= 11 is 0. The molecule has 0 fully saturated rings. The van der Waals surface area contributed by atoms with Crippen molar-refractivity contribution in [2.75, 3.05) is 5.32 Å². The number of aryl methyl sites for hydroxylation is 1. The summed E-state index contributed by atoms with van der Waals surface area (Å²) in [5, 5.41) is 14.6. The molecule has 0 bridgehead atoms. The molecule has 2 N–H and O–H groups in total. The highest BCUT2D eigenvalue weighted by atomic mass is 16.3. The van der Waals surface area contributed by atoms with Crippen molar-refractivity contribution in [1.82, 2.24) is 0 Å². The van der Waals surface area contributed by atoms with Gasteiger partial charge in [0.1, 0.15) is 11.3 Å². The van der Waals surface area contributed by atoms with Crippen molar-refractivity contribution < 1.29 is 5.11 Å². The van der Waals surface area contributed by atoms with Crippen LogP contribution in [0.15, 0.2) is 65.9 Å². The zero-order valence-corrected chi connectivity index (χ0v) is 14.4. The monoisotopic (exact) mass is 317 g/mol. The Morgan fingerprint density at radius 2 is 1.83 bits per heavy atom. The molecule has 0 saturated carbocycles. The number of fused-ring (bicyclic) bond motifs is 3. The molecule has 122 valence electrons. The van der Waals surface area contributed by atoms with Crippen LogP contribution in [0.3, 0.4) is 0 Å². The number of benzene rings is 2. The Morgan fingerprint density at radius 3 is 2.58 bits per heavy atom. The Labute approximate surface area is 143 Å². The third kappa shape index (κ3) is 2.10. The summed E-state index contributed by atoms with van der Waals surface area (Å²) in [5.74, 6) is 0.638. The number of aliphatic hydroxyl groups excluding tert-OH is 1. The quantitative estimate of drug-likeness (QED) is 0.798. The smallest absolute Gasteiger partial charge is 0.122 e. The number of hydrogen-bond donors (Lipinski definition) is 2. The largest absolute Gasteiger partial charge is 0.509 e. The lowest BCUT2D eigenvalue weighted by atomic mass is 9.75. The highest BCUT2D eigenvalue weighted by molar-refractivity contribution is 5.70. The van der Waals surface area contributed by atoms with Crippen molar-refractivity contribution in [3.05, 3.63) is 88.2 Å². The van der Waals surface area contributed by atoms with Gasteiger partial charge in [0, 0.05) is 18.0 Å². The lowest BCUT2D eigenvalue weighted by Crippen LogP contribution is -2.40. The van der Waals surface area contributed by atoms with Crippen molar-refractivity contribution in [3.8, 4) is 0 Å². The summed E-state index contributed by atoms with van der Waals surface area (Å²) in [7, 11) is 0. The van der Waals surface area contributed by atoms with Crippen LogP contribution in [-0.2, 0) is 6.42 Å². The molecule has 2 atom stereocenters. The zero-order chi connectivity index (χ0) is 16.9. The van der Waals surface area contributed by atoms with Crippen molar-refractivity contribution in [2.24, 2.45) is 0 Å². The summed E-state index contributed by atoms with van der Waals surface area (Å²) in [6, 6.07) is 14.6. The zero-order valence-electron chi connectivity index (χ0n) is 14.4.